The molecule has 2 nitrogen and oxygen atoms in total. The van der Waals surface area contributed by atoms with Crippen molar-refractivity contribution in [3.63, 3.8) is 0 Å². The third-order valence-electron chi connectivity index (χ3n) is 15.1. The van der Waals surface area contributed by atoms with Crippen LogP contribution < -0.4 is 0 Å². The monoisotopic (exact) mass is 300 g/mol. The molecule has 10 heterocycles. The van der Waals surface area contributed by atoms with Crippen LogP contribution in [0.25, 0.3) is 0 Å². The number of hydrogen-bond donors (Lipinski definition) is 0. The molecule has 0 amide bonds. The molecule has 17 heavy (non-hydrogen) atoms. The molecule has 1 spiro atoms. The fourth-order valence-corrected chi connectivity index (χ4v) is 90.4. The van der Waals surface area contributed by atoms with Crippen LogP contribution in [-0.4, -0.2) is 19.2 Å². The van der Waals surface area contributed by atoms with Crippen molar-refractivity contribution >= 4 is 34.8 Å². The number of fused-ring (bicyclic) bond motifs is 10. The topological polar surface area (TPSA) is 24.7 Å². The van der Waals surface area contributed by atoms with Crippen LogP contribution in [0.1, 0.15) is 0 Å². The van der Waals surface area contributed by atoms with Gasteiger partial charge in [-0.3, -0.25) is 0 Å². The third kappa shape index (κ3) is 0.0586. The molecule has 86 valence electrons. The van der Waals surface area contributed by atoms with Crippen LogP contribution in [0.2, 0.25) is 38.5 Å². The number of thiocarbonyl (C=S) groups is 2. The van der Waals surface area contributed by atoms with Crippen molar-refractivity contribution in [3.05, 3.63) is 0 Å². The van der Waals surface area contributed by atoms with Crippen molar-refractivity contribution < 1.29 is 6.51 Å². The van der Waals surface area contributed by atoms with Gasteiger partial charge in [0.1, 0.15) is 0 Å². The molecule has 0 bridgehead atoms. The molecule has 10 saturated heterocycles. The minimum absolute atomic E-state index is 0.436. The quantitative estimate of drug-likeness (QED) is 0.443. The number of nitrogens with zero attached hydrogens (tertiary/aromatic N) is 2. The van der Waals surface area contributed by atoms with Gasteiger partial charge in [0.15, 0.2) is 0 Å². The normalized spacial score (nSPS) is 122. The second-order valence-electron chi connectivity index (χ2n) is 10.1. The first kappa shape index (κ1) is 6.52. The fourth-order valence-electron chi connectivity index (χ4n) is 17.0. The molecule has 0 radical (unpaired) electrons. The summed E-state index contributed by atoms with van der Waals surface area (Å²) in [7, 11) is 0. The predicted octanol–water partition coefficient (Wildman–Crippen LogP) is 3.40. The van der Waals surface area contributed by atoms with Crippen LogP contribution in [-0.2, 0) is 6.51 Å². The Bertz CT molecular complexity index is 1060. The van der Waals surface area contributed by atoms with Crippen LogP contribution in [0.3, 0.4) is 0 Å². The average Bonchev–Trinajstić information content (AvgIpc) is 3.24. The molecular formula is C12H8FeN2S2. The van der Waals surface area contributed by atoms with Crippen LogP contribution in [0.15, 0.2) is 9.98 Å². The van der Waals surface area contributed by atoms with Crippen molar-refractivity contribution in [2.45, 2.75) is 47.4 Å². The molecule has 5 heteroatoms. The Morgan fingerprint density at radius 2 is 1.12 bits per heavy atom. The summed E-state index contributed by atoms with van der Waals surface area (Å²) < 4.78 is 0.873. The Morgan fingerprint density at radius 1 is 0.765 bits per heavy atom. The van der Waals surface area contributed by atoms with E-state index in [1.807, 2.05) is 0 Å². The molecule has 0 aliphatic carbocycles. The van der Waals surface area contributed by atoms with Crippen LogP contribution in [0.5, 0.6) is 0 Å². The van der Waals surface area contributed by atoms with Crippen molar-refractivity contribution in [1.29, 1.82) is 0 Å². The number of aliphatic imine (C=N–C) groups is 2. The summed E-state index contributed by atoms with van der Waals surface area (Å²) in [5.41, 5.74) is 0. The summed E-state index contributed by atoms with van der Waals surface area (Å²) in [5, 5.41) is 5.61. The van der Waals surface area contributed by atoms with Crippen molar-refractivity contribution in [2.24, 2.45) is 9.98 Å². The Morgan fingerprint density at radius 3 is 1.35 bits per heavy atom. The second kappa shape index (κ2) is 0.509. The third-order valence-corrected chi connectivity index (χ3v) is 57.3. The van der Waals surface area contributed by atoms with Crippen LogP contribution in [0.4, 0.5) is 0 Å². The standard InChI is InChI=1S/2C6H4NS.Fe/c2*8-5-7-6-3-1-2-4-6;/h2*1-4H;. The first-order valence-corrected chi connectivity index (χ1v) is 13.5. The zero-order chi connectivity index (χ0) is 10.8. The molecule has 0 aromatic heterocycles. The van der Waals surface area contributed by atoms with Gasteiger partial charge in [0.2, 0.25) is 0 Å². The van der Waals surface area contributed by atoms with E-state index in [4.69, 9.17) is 34.4 Å². The predicted molar refractivity (Wildman–Crippen MR) is 65.5 cm³/mol. The molecule has 8 unspecified atom stereocenters. The summed E-state index contributed by atoms with van der Waals surface area (Å²) in [6.07, 6.45) is 0. The number of hydrogen-bond acceptors (Lipinski definition) is 4. The van der Waals surface area contributed by atoms with Gasteiger partial charge in [-0.15, -0.1) is 0 Å². The van der Waals surface area contributed by atoms with Gasteiger partial charge in [0, 0.05) is 0 Å². The summed E-state index contributed by atoms with van der Waals surface area (Å²) in [4.78, 5) is 18.7. The van der Waals surface area contributed by atoms with Crippen molar-refractivity contribution in [3.8, 4) is 0 Å². The average molecular weight is 300 g/mol. The molecule has 10 fully saturated rings. The molecule has 10 aliphatic rings. The fraction of sp³-hybridized carbons (Fsp3) is 0.833. The minimum atomic E-state index is -3.39. The summed E-state index contributed by atoms with van der Waals surface area (Å²) in [5.74, 6) is 0. The molecule has 10 aliphatic heterocycles. The van der Waals surface area contributed by atoms with E-state index < -0.39 is 6.51 Å². The van der Waals surface area contributed by atoms with Gasteiger partial charge >= 0.3 is 98.7 Å². The Kier molecular flexibility index (Phi) is 0.195. The second-order valence-corrected chi connectivity index (χ2v) is 33.6. The van der Waals surface area contributed by atoms with E-state index in [0.29, 0.717) is 8.87 Å². The van der Waals surface area contributed by atoms with Crippen molar-refractivity contribution in [2.75, 3.05) is 0 Å². The van der Waals surface area contributed by atoms with E-state index in [1.54, 1.807) is 0 Å². The van der Waals surface area contributed by atoms with Gasteiger partial charge in [0.05, 0.1) is 0 Å². The van der Waals surface area contributed by atoms with E-state index in [1.165, 1.54) is 19.3 Å². The van der Waals surface area contributed by atoms with Gasteiger partial charge in [-0.25, -0.2) is 0 Å². The summed E-state index contributed by atoms with van der Waals surface area (Å²) >= 11 is 9.99. The molecule has 0 aromatic rings. The van der Waals surface area contributed by atoms with Crippen LogP contribution in [0, 0.1) is 0 Å². The van der Waals surface area contributed by atoms with Gasteiger partial charge in [-0.1, -0.05) is 0 Å². The maximum absolute atomic E-state index is 4.99. The molecule has 0 N–H and O–H groups in total. The maximum atomic E-state index is 4.99. The van der Waals surface area contributed by atoms with Gasteiger partial charge < -0.3 is 0 Å². The van der Waals surface area contributed by atoms with Gasteiger partial charge in [-0.2, -0.15) is 0 Å². The first-order valence-electron chi connectivity index (χ1n) is 6.44. The Labute approximate surface area is 98.2 Å². The molecule has 10 rings (SSSR count). The summed E-state index contributed by atoms with van der Waals surface area (Å²) in [6.45, 7) is -3.39. The van der Waals surface area contributed by atoms with E-state index in [-0.39, 0.29) is 0 Å². The molecule has 0 aromatic carbocycles. The number of rotatable bonds is 2. The Balaban J connectivity index is 1.78. The van der Waals surface area contributed by atoms with Crippen LogP contribution >= 0.6 is 24.4 Å². The molecule has 8 atom stereocenters. The van der Waals surface area contributed by atoms with Gasteiger partial charge in [0.25, 0.3) is 0 Å². The number of isothiocyanates is 2. The van der Waals surface area contributed by atoms with E-state index in [0.717, 1.165) is 19.3 Å². The SMILES string of the molecule is S=C=N[C]12[CH]3[CH]4[CH]5[CH]1[Fe]45321678[CH]2[CH]1[CH]6[C]7(N=C=S)[CH]28. The first-order chi connectivity index (χ1) is 8.05. The summed E-state index contributed by atoms with van der Waals surface area (Å²) in [6, 6.07) is 0. The van der Waals surface area contributed by atoms with Gasteiger partial charge in [-0.05, 0) is 0 Å². The van der Waals surface area contributed by atoms with E-state index >= 15 is 0 Å². The van der Waals surface area contributed by atoms with E-state index in [2.05, 4.69) is 10.3 Å². The van der Waals surface area contributed by atoms with Crippen molar-refractivity contribution in [1.82, 2.24) is 0 Å². The Hall–Kier alpha value is 0.119. The molecular weight excluding hydrogens is 292 g/mol. The zero-order valence-electron chi connectivity index (χ0n) is 8.68. The van der Waals surface area contributed by atoms with E-state index in [9.17, 15) is 0 Å². The zero-order valence-corrected chi connectivity index (χ0v) is 11.4. The molecule has 0 saturated carbocycles.